The molecule has 1 nitrogen and oxygen atoms in total. The zero-order chi connectivity index (χ0) is 22.2. The molecule has 3 aromatic carbocycles. The van der Waals surface area contributed by atoms with Gasteiger partial charge in [-0.05, 0) is 73.5 Å². The molecule has 0 N–H and O–H groups in total. The van der Waals surface area contributed by atoms with Gasteiger partial charge in [0, 0.05) is 31.6 Å². The fourth-order valence-corrected chi connectivity index (χ4v) is 5.50. The molecule has 32 heavy (non-hydrogen) atoms. The van der Waals surface area contributed by atoms with Gasteiger partial charge < -0.3 is 0 Å². The Morgan fingerprint density at radius 1 is 0.844 bits per heavy atom. The highest BCUT2D eigenvalue weighted by Crippen LogP contribution is 2.47. The second-order valence-corrected chi connectivity index (χ2v) is 9.83. The van der Waals surface area contributed by atoms with E-state index >= 15 is 4.39 Å². The maximum atomic E-state index is 15.2. The summed E-state index contributed by atoms with van der Waals surface area (Å²) in [6.07, 6.45) is 3.92. The topological polar surface area (TPSA) is 12.9 Å². The van der Waals surface area contributed by atoms with Gasteiger partial charge in [-0.25, -0.2) is 13.2 Å². The summed E-state index contributed by atoms with van der Waals surface area (Å²) < 4.78 is 41.8. The first-order chi connectivity index (χ1) is 15.5. The van der Waals surface area contributed by atoms with E-state index in [1.165, 1.54) is 53.9 Å². The molecule has 1 aliphatic carbocycles. The first-order valence-corrected chi connectivity index (χ1v) is 11.8. The molecule has 0 bridgehead atoms. The molecule has 1 fully saturated rings. The number of aromatic nitrogens is 1. The molecule has 5 rings (SSSR count). The number of hydrogen-bond acceptors (Lipinski definition) is 3. The number of halogens is 3. The summed E-state index contributed by atoms with van der Waals surface area (Å²) in [6.45, 7) is 3.99. The van der Waals surface area contributed by atoms with Crippen LogP contribution in [0.1, 0.15) is 30.0 Å². The van der Waals surface area contributed by atoms with Crippen LogP contribution in [0.25, 0.3) is 17.0 Å². The van der Waals surface area contributed by atoms with Gasteiger partial charge in [0.25, 0.3) is 0 Å². The van der Waals surface area contributed by atoms with Crippen LogP contribution in [0, 0.1) is 17.5 Å². The Hall–Kier alpha value is -2.70. The molecule has 4 aromatic rings. The summed E-state index contributed by atoms with van der Waals surface area (Å²) in [5.41, 5.74) is 2.59. The normalized spacial score (nSPS) is 13.5. The van der Waals surface area contributed by atoms with Crippen molar-refractivity contribution in [3.05, 3.63) is 96.0 Å². The lowest BCUT2D eigenvalue weighted by Gasteiger charge is -2.16. The standard InChI is InChI=1S/C26H18F3NS2/c1-2-20-25(15-3-4-15)30-23-14-24(31-18-9-5-16(27)6-10-18)22(29)13-21(23)26(20)32-19-11-7-17(28)8-12-19/h2,5-15H,1,3-4H2. The Bertz CT molecular complexity index is 1310. The lowest BCUT2D eigenvalue weighted by molar-refractivity contribution is 0.603. The number of nitrogens with zero attached hydrogens (tertiary/aromatic N) is 1. The van der Waals surface area contributed by atoms with Crippen molar-refractivity contribution in [2.45, 2.75) is 38.3 Å². The van der Waals surface area contributed by atoms with E-state index in [0.717, 1.165) is 38.8 Å². The third-order valence-corrected chi connectivity index (χ3v) is 7.49. The molecule has 0 radical (unpaired) electrons. The van der Waals surface area contributed by atoms with Gasteiger partial charge in [0.15, 0.2) is 0 Å². The molecule has 0 aliphatic heterocycles. The largest absolute Gasteiger partial charge is 0.252 e. The summed E-state index contributed by atoms with van der Waals surface area (Å²) in [7, 11) is 0. The van der Waals surface area contributed by atoms with Crippen LogP contribution >= 0.6 is 23.5 Å². The van der Waals surface area contributed by atoms with E-state index in [1.807, 2.05) is 0 Å². The van der Waals surface area contributed by atoms with Crippen LogP contribution in [-0.2, 0) is 0 Å². The summed E-state index contributed by atoms with van der Waals surface area (Å²) in [5.74, 6) is -0.629. The van der Waals surface area contributed by atoms with Gasteiger partial charge in [-0.3, -0.25) is 4.98 Å². The molecular formula is C26H18F3NS2. The predicted molar refractivity (Wildman–Crippen MR) is 125 cm³/mol. The number of pyridine rings is 1. The van der Waals surface area contributed by atoms with Gasteiger partial charge >= 0.3 is 0 Å². The minimum atomic E-state index is -0.372. The Morgan fingerprint density at radius 3 is 2.00 bits per heavy atom. The highest BCUT2D eigenvalue weighted by molar-refractivity contribution is 7.99. The minimum absolute atomic E-state index is 0.301. The van der Waals surface area contributed by atoms with Crippen molar-refractivity contribution < 1.29 is 13.2 Å². The maximum Gasteiger partial charge on any atom is 0.137 e. The molecule has 1 saturated carbocycles. The molecule has 6 heteroatoms. The molecule has 1 aliphatic rings. The highest BCUT2D eigenvalue weighted by Gasteiger charge is 2.29. The number of rotatable bonds is 6. The molecule has 160 valence electrons. The van der Waals surface area contributed by atoms with Gasteiger partial charge in [-0.15, -0.1) is 0 Å². The third kappa shape index (κ3) is 4.30. The zero-order valence-corrected chi connectivity index (χ0v) is 18.6. The molecular weight excluding hydrogens is 447 g/mol. The van der Waals surface area contributed by atoms with E-state index < -0.39 is 0 Å². The molecule has 0 spiro atoms. The SMILES string of the molecule is C=Cc1c(C2CC2)nc2cc(Sc3ccc(F)cc3)c(F)cc2c1Sc1ccc(F)cc1. The summed E-state index contributed by atoms with van der Waals surface area (Å²) in [5, 5.41) is 0.694. The van der Waals surface area contributed by atoms with E-state index in [9.17, 15) is 8.78 Å². The van der Waals surface area contributed by atoms with Crippen LogP contribution in [0.3, 0.4) is 0 Å². The summed E-state index contributed by atoms with van der Waals surface area (Å²) in [6, 6.07) is 15.5. The van der Waals surface area contributed by atoms with E-state index in [1.54, 1.807) is 36.4 Å². The van der Waals surface area contributed by atoms with Gasteiger partial charge in [0.05, 0.1) is 16.1 Å². The van der Waals surface area contributed by atoms with Crippen molar-refractivity contribution in [2.24, 2.45) is 0 Å². The lowest BCUT2D eigenvalue weighted by atomic mass is 10.1. The van der Waals surface area contributed by atoms with E-state index in [0.29, 0.717) is 21.7 Å². The average molecular weight is 466 g/mol. The monoisotopic (exact) mass is 465 g/mol. The summed E-state index contributed by atoms with van der Waals surface area (Å²) in [4.78, 5) is 7.80. The van der Waals surface area contributed by atoms with Crippen LogP contribution < -0.4 is 0 Å². The smallest absolute Gasteiger partial charge is 0.137 e. The Kier molecular flexibility index (Phi) is 5.74. The van der Waals surface area contributed by atoms with Crippen LogP contribution in [0.2, 0.25) is 0 Å². The van der Waals surface area contributed by atoms with E-state index in [4.69, 9.17) is 4.98 Å². The lowest BCUT2D eigenvalue weighted by Crippen LogP contribution is -1.98. The Labute approximate surface area is 192 Å². The van der Waals surface area contributed by atoms with Gasteiger partial charge in [0.2, 0.25) is 0 Å². The third-order valence-electron chi connectivity index (χ3n) is 5.30. The highest BCUT2D eigenvalue weighted by atomic mass is 32.2. The van der Waals surface area contributed by atoms with Crippen molar-refractivity contribution in [3.63, 3.8) is 0 Å². The van der Waals surface area contributed by atoms with Crippen LogP contribution in [0.15, 0.2) is 86.8 Å². The van der Waals surface area contributed by atoms with Gasteiger partial charge in [-0.2, -0.15) is 0 Å². The molecule has 0 atom stereocenters. The molecule has 1 aromatic heterocycles. The number of fused-ring (bicyclic) bond motifs is 1. The molecule has 1 heterocycles. The number of hydrogen-bond donors (Lipinski definition) is 0. The second-order valence-electron chi connectivity index (χ2n) is 7.63. The van der Waals surface area contributed by atoms with Crippen molar-refractivity contribution in [2.75, 3.05) is 0 Å². The fraction of sp³-hybridized carbons (Fsp3) is 0.115. The summed E-state index contributed by atoms with van der Waals surface area (Å²) >= 11 is 2.70. The first kappa shape index (κ1) is 21.2. The molecule has 0 unspecified atom stereocenters. The van der Waals surface area contributed by atoms with Crippen molar-refractivity contribution in [1.82, 2.24) is 4.98 Å². The molecule has 0 amide bonds. The van der Waals surface area contributed by atoms with Crippen molar-refractivity contribution >= 4 is 40.5 Å². The number of benzene rings is 3. The van der Waals surface area contributed by atoms with Crippen LogP contribution in [0.4, 0.5) is 13.2 Å². The van der Waals surface area contributed by atoms with Crippen molar-refractivity contribution in [3.8, 4) is 0 Å². The van der Waals surface area contributed by atoms with E-state index in [2.05, 4.69) is 6.58 Å². The van der Waals surface area contributed by atoms with Crippen LogP contribution in [-0.4, -0.2) is 4.98 Å². The first-order valence-electron chi connectivity index (χ1n) is 10.2. The maximum absolute atomic E-state index is 15.2. The van der Waals surface area contributed by atoms with Crippen molar-refractivity contribution in [1.29, 1.82) is 0 Å². The molecule has 0 saturated heterocycles. The quantitative estimate of drug-likeness (QED) is 0.283. The Balaban J connectivity index is 1.64. The van der Waals surface area contributed by atoms with Gasteiger partial charge in [0.1, 0.15) is 17.5 Å². The van der Waals surface area contributed by atoms with Crippen LogP contribution in [0.5, 0.6) is 0 Å². The Morgan fingerprint density at radius 2 is 1.44 bits per heavy atom. The van der Waals surface area contributed by atoms with Gasteiger partial charge in [-0.1, -0.05) is 36.2 Å². The second kappa shape index (κ2) is 8.68. The average Bonchev–Trinajstić information content (AvgIpc) is 3.63. The van der Waals surface area contributed by atoms with E-state index in [-0.39, 0.29) is 17.5 Å². The fourth-order valence-electron chi connectivity index (χ4n) is 3.57. The minimum Gasteiger partial charge on any atom is -0.252 e. The predicted octanol–water partition coefficient (Wildman–Crippen LogP) is 8.47. The zero-order valence-electron chi connectivity index (χ0n) is 16.9.